The van der Waals surface area contributed by atoms with Crippen LogP contribution in [0.4, 0.5) is 0 Å². The van der Waals surface area contributed by atoms with Crippen LogP contribution in [0, 0.1) is 6.92 Å². The van der Waals surface area contributed by atoms with Crippen molar-refractivity contribution in [3.63, 3.8) is 0 Å². The first-order valence-electron chi connectivity index (χ1n) is 10.7. The van der Waals surface area contributed by atoms with Crippen molar-refractivity contribution in [3.05, 3.63) is 102 Å². The molecule has 5 heteroatoms. The molecule has 0 aliphatic carbocycles. The highest BCUT2D eigenvalue weighted by atomic mass is 32.1. The molecule has 4 nitrogen and oxygen atoms in total. The topological polar surface area (TPSA) is 44.0 Å². The molecule has 0 spiro atoms. The van der Waals surface area contributed by atoms with Crippen LogP contribution >= 0.6 is 12.2 Å². The molecule has 0 aliphatic rings. The third kappa shape index (κ3) is 5.50. The van der Waals surface area contributed by atoms with E-state index in [1.807, 2.05) is 18.3 Å². The summed E-state index contributed by atoms with van der Waals surface area (Å²) in [7, 11) is 0. The van der Waals surface area contributed by atoms with E-state index in [2.05, 4.69) is 81.7 Å². The summed E-state index contributed by atoms with van der Waals surface area (Å²) in [6.45, 7) is 4.55. The van der Waals surface area contributed by atoms with Crippen molar-refractivity contribution in [3.8, 4) is 0 Å². The van der Waals surface area contributed by atoms with E-state index < -0.39 is 0 Å². The molecule has 31 heavy (non-hydrogen) atoms. The second-order valence-corrected chi connectivity index (χ2v) is 8.16. The molecule has 2 aromatic carbocycles. The minimum atomic E-state index is 0.742. The number of nitrogens with one attached hydrogen (secondary N) is 2. The van der Waals surface area contributed by atoms with E-state index >= 15 is 0 Å². The van der Waals surface area contributed by atoms with Crippen LogP contribution in [-0.2, 0) is 19.4 Å². The number of pyridine rings is 1. The lowest BCUT2D eigenvalue weighted by Crippen LogP contribution is -2.41. The molecule has 0 atom stereocenters. The van der Waals surface area contributed by atoms with Gasteiger partial charge in [0.25, 0.3) is 0 Å². The fourth-order valence-electron chi connectivity index (χ4n) is 3.94. The monoisotopic (exact) mass is 428 g/mol. The third-order valence-electron chi connectivity index (χ3n) is 5.57. The van der Waals surface area contributed by atoms with E-state index in [1.165, 1.54) is 27.7 Å². The zero-order valence-electron chi connectivity index (χ0n) is 17.8. The second-order valence-electron chi connectivity index (χ2n) is 7.77. The van der Waals surface area contributed by atoms with Gasteiger partial charge in [0, 0.05) is 48.6 Å². The number of benzene rings is 2. The smallest absolute Gasteiger partial charge is 0.169 e. The number of rotatable bonds is 8. The molecule has 2 aromatic heterocycles. The van der Waals surface area contributed by atoms with Gasteiger partial charge >= 0.3 is 0 Å². The summed E-state index contributed by atoms with van der Waals surface area (Å²) in [5, 5.41) is 5.55. The van der Waals surface area contributed by atoms with Crippen LogP contribution < -0.4 is 5.32 Å². The fraction of sp³-hybridized carbons (Fsp3) is 0.231. The Morgan fingerprint density at radius 2 is 1.74 bits per heavy atom. The van der Waals surface area contributed by atoms with Crippen molar-refractivity contribution < 1.29 is 0 Å². The molecular formula is C26H28N4S. The summed E-state index contributed by atoms with van der Waals surface area (Å²) in [5.74, 6) is 0. The van der Waals surface area contributed by atoms with Crippen molar-refractivity contribution in [2.45, 2.75) is 26.3 Å². The first-order valence-corrected chi connectivity index (χ1v) is 11.1. The minimum absolute atomic E-state index is 0.742. The standard InChI is InChI=1S/C26H28N4S/c1-20-23(24-11-5-6-12-25(24)29-20)14-17-30(19-22-10-7-15-27-18-22)26(31)28-16-13-21-8-3-2-4-9-21/h2-12,15,18,29H,13-14,16-17,19H2,1H3,(H,28,31). The summed E-state index contributed by atoms with van der Waals surface area (Å²) in [6.07, 6.45) is 5.59. The number of nitrogens with zero attached hydrogens (tertiary/aromatic N) is 2. The number of aromatic nitrogens is 2. The van der Waals surface area contributed by atoms with E-state index in [0.717, 1.165) is 43.2 Å². The lowest BCUT2D eigenvalue weighted by atomic mass is 10.1. The van der Waals surface area contributed by atoms with Gasteiger partial charge in [-0.25, -0.2) is 0 Å². The Bertz CT molecular complexity index is 1120. The van der Waals surface area contributed by atoms with Crippen molar-refractivity contribution in [1.29, 1.82) is 0 Å². The maximum absolute atomic E-state index is 5.80. The molecule has 0 saturated heterocycles. The SMILES string of the molecule is Cc1[nH]c2ccccc2c1CCN(Cc1cccnc1)C(=S)NCCc1ccccc1. The number of aromatic amines is 1. The summed E-state index contributed by atoms with van der Waals surface area (Å²) in [4.78, 5) is 10.0. The number of fused-ring (bicyclic) bond motifs is 1. The summed E-state index contributed by atoms with van der Waals surface area (Å²) in [5.41, 5.74) is 6.25. The molecule has 0 bridgehead atoms. The molecule has 2 heterocycles. The van der Waals surface area contributed by atoms with Crippen LogP contribution in [-0.4, -0.2) is 33.1 Å². The van der Waals surface area contributed by atoms with Gasteiger partial charge in [-0.3, -0.25) is 4.98 Å². The molecule has 0 radical (unpaired) electrons. The zero-order valence-corrected chi connectivity index (χ0v) is 18.7. The maximum atomic E-state index is 5.80. The molecule has 2 N–H and O–H groups in total. The summed E-state index contributed by atoms with van der Waals surface area (Å²) >= 11 is 5.80. The van der Waals surface area contributed by atoms with E-state index in [4.69, 9.17) is 12.2 Å². The molecular weight excluding hydrogens is 400 g/mol. The molecule has 4 rings (SSSR count). The molecule has 4 aromatic rings. The molecule has 0 amide bonds. The summed E-state index contributed by atoms with van der Waals surface area (Å²) in [6, 6.07) is 23.1. The van der Waals surface area contributed by atoms with Crippen LogP contribution in [0.2, 0.25) is 0 Å². The predicted molar refractivity (Wildman–Crippen MR) is 132 cm³/mol. The molecule has 0 aliphatic heterocycles. The lowest BCUT2D eigenvalue weighted by molar-refractivity contribution is 0.409. The van der Waals surface area contributed by atoms with Crippen LogP contribution in [0.3, 0.4) is 0 Å². The van der Waals surface area contributed by atoms with E-state index in [1.54, 1.807) is 6.20 Å². The molecule has 0 fully saturated rings. The highest BCUT2D eigenvalue weighted by Gasteiger charge is 2.14. The molecule has 0 saturated carbocycles. The van der Waals surface area contributed by atoms with Crippen molar-refractivity contribution in [2.75, 3.05) is 13.1 Å². The van der Waals surface area contributed by atoms with Crippen molar-refractivity contribution in [2.24, 2.45) is 0 Å². The number of hydrogen-bond donors (Lipinski definition) is 2. The number of thiocarbonyl (C=S) groups is 1. The van der Waals surface area contributed by atoms with Gasteiger partial charge in [0.1, 0.15) is 0 Å². The lowest BCUT2D eigenvalue weighted by Gasteiger charge is -2.26. The highest BCUT2D eigenvalue weighted by Crippen LogP contribution is 2.22. The van der Waals surface area contributed by atoms with Crippen LogP contribution in [0.5, 0.6) is 0 Å². The Hall–Kier alpha value is -3.18. The Kier molecular flexibility index (Phi) is 6.95. The second kappa shape index (κ2) is 10.2. The van der Waals surface area contributed by atoms with Gasteiger partial charge in [0.15, 0.2) is 5.11 Å². The minimum Gasteiger partial charge on any atom is -0.362 e. The van der Waals surface area contributed by atoms with E-state index in [9.17, 15) is 0 Å². The van der Waals surface area contributed by atoms with Crippen molar-refractivity contribution in [1.82, 2.24) is 20.2 Å². The van der Waals surface area contributed by atoms with Gasteiger partial charge < -0.3 is 15.2 Å². The Labute approximate surface area is 189 Å². The van der Waals surface area contributed by atoms with Gasteiger partial charge in [-0.05, 0) is 60.8 Å². The first kappa shape index (κ1) is 21.1. The van der Waals surface area contributed by atoms with Gasteiger partial charge in [0.2, 0.25) is 0 Å². The number of para-hydroxylation sites is 1. The summed E-state index contributed by atoms with van der Waals surface area (Å²) < 4.78 is 0. The zero-order chi connectivity index (χ0) is 21.5. The molecule has 0 unspecified atom stereocenters. The average Bonchev–Trinajstić information content (AvgIpc) is 3.13. The number of hydrogen-bond acceptors (Lipinski definition) is 2. The predicted octanol–water partition coefficient (Wildman–Crippen LogP) is 5.03. The van der Waals surface area contributed by atoms with Crippen LogP contribution in [0.1, 0.15) is 22.4 Å². The van der Waals surface area contributed by atoms with Crippen LogP contribution in [0.15, 0.2) is 79.1 Å². The first-order chi connectivity index (χ1) is 15.2. The molecule has 158 valence electrons. The third-order valence-corrected chi connectivity index (χ3v) is 5.98. The maximum Gasteiger partial charge on any atom is 0.169 e. The number of aryl methyl sites for hydroxylation is 1. The van der Waals surface area contributed by atoms with Gasteiger partial charge in [-0.15, -0.1) is 0 Å². The largest absolute Gasteiger partial charge is 0.362 e. The highest BCUT2D eigenvalue weighted by molar-refractivity contribution is 7.80. The fourth-order valence-corrected chi connectivity index (χ4v) is 4.20. The normalized spacial score (nSPS) is 10.9. The van der Waals surface area contributed by atoms with E-state index in [0.29, 0.717) is 0 Å². The Morgan fingerprint density at radius 1 is 0.968 bits per heavy atom. The Balaban J connectivity index is 1.44. The average molecular weight is 429 g/mol. The van der Waals surface area contributed by atoms with E-state index in [-0.39, 0.29) is 0 Å². The van der Waals surface area contributed by atoms with Gasteiger partial charge in [-0.1, -0.05) is 54.6 Å². The van der Waals surface area contributed by atoms with Crippen LogP contribution in [0.25, 0.3) is 10.9 Å². The van der Waals surface area contributed by atoms with Gasteiger partial charge in [0.05, 0.1) is 0 Å². The number of H-pyrrole nitrogens is 1. The quantitative estimate of drug-likeness (QED) is 0.386. The van der Waals surface area contributed by atoms with Crippen molar-refractivity contribution >= 4 is 28.2 Å². The Morgan fingerprint density at radius 3 is 2.55 bits per heavy atom. The van der Waals surface area contributed by atoms with Gasteiger partial charge in [-0.2, -0.15) is 0 Å².